The predicted molar refractivity (Wildman–Crippen MR) is 93.4 cm³/mol. The first-order valence-corrected chi connectivity index (χ1v) is 8.00. The summed E-state index contributed by atoms with van der Waals surface area (Å²) in [7, 11) is 0. The molecule has 0 aromatic heterocycles. The molecule has 1 aliphatic carbocycles. The van der Waals surface area contributed by atoms with E-state index < -0.39 is 0 Å². The van der Waals surface area contributed by atoms with E-state index in [2.05, 4.69) is 90.7 Å². The standard InChI is InChI=1S/C21H23N/c1-18(21-14-8-9-15-21)22(16-19-10-4-2-5-11-19)17-20-12-6-3-7-13-20/h2-14,18H,15-17H2,1H3. The van der Waals surface area contributed by atoms with Crippen LogP contribution in [0.5, 0.6) is 0 Å². The van der Waals surface area contributed by atoms with Crippen LogP contribution in [-0.2, 0) is 13.1 Å². The lowest BCUT2D eigenvalue weighted by atomic mass is 10.0. The van der Waals surface area contributed by atoms with Gasteiger partial charge in [-0.05, 0) is 30.0 Å². The molecule has 2 aromatic rings. The summed E-state index contributed by atoms with van der Waals surface area (Å²) in [5, 5.41) is 0. The summed E-state index contributed by atoms with van der Waals surface area (Å²) in [6, 6.07) is 22.0. The van der Waals surface area contributed by atoms with E-state index in [1.165, 1.54) is 16.7 Å². The molecule has 0 heterocycles. The van der Waals surface area contributed by atoms with E-state index in [0.717, 1.165) is 19.5 Å². The molecule has 1 unspecified atom stereocenters. The van der Waals surface area contributed by atoms with E-state index >= 15 is 0 Å². The highest BCUT2D eigenvalue weighted by atomic mass is 15.1. The van der Waals surface area contributed by atoms with Gasteiger partial charge in [0.15, 0.2) is 0 Å². The first kappa shape index (κ1) is 14.8. The highest BCUT2D eigenvalue weighted by molar-refractivity contribution is 5.28. The minimum Gasteiger partial charge on any atom is -0.288 e. The Bertz CT molecular complexity index is 599. The van der Waals surface area contributed by atoms with Gasteiger partial charge in [0, 0.05) is 19.1 Å². The highest BCUT2D eigenvalue weighted by Gasteiger charge is 2.19. The first-order valence-electron chi connectivity index (χ1n) is 8.00. The van der Waals surface area contributed by atoms with Gasteiger partial charge in [-0.1, -0.05) is 78.9 Å². The minimum absolute atomic E-state index is 0.454. The Morgan fingerprint density at radius 3 is 1.86 bits per heavy atom. The van der Waals surface area contributed by atoms with Crippen molar-refractivity contribution in [2.45, 2.75) is 32.5 Å². The number of allylic oxidation sites excluding steroid dienone is 3. The maximum Gasteiger partial charge on any atom is 0.0292 e. The number of hydrogen-bond donors (Lipinski definition) is 0. The molecule has 1 aliphatic rings. The molecule has 1 heteroatoms. The number of benzene rings is 2. The zero-order chi connectivity index (χ0) is 15.2. The monoisotopic (exact) mass is 289 g/mol. The molecule has 22 heavy (non-hydrogen) atoms. The molecule has 3 rings (SSSR count). The molecule has 0 amide bonds. The molecule has 1 atom stereocenters. The topological polar surface area (TPSA) is 3.24 Å². The highest BCUT2D eigenvalue weighted by Crippen LogP contribution is 2.23. The quantitative estimate of drug-likeness (QED) is 0.726. The Morgan fingerprint density at radius 2 is 1.41 bits per heavy atom. The van der Waals surface area contributed by atoms with Gasteiger partial charge >= 0.3 is 0 Å². The third-order valence-electron chi connectivity index (χ3n) is 4.34. The van der Waals surface area contributed by atoms with Gasteiger partial charge in [0.1, 0.15) is 0 Å². The maximum atomic E-state index is 2.56. The lowest BCUT2D eigenvalue weighted by molar-refractivity contribution is 0.213. The number of nitrogens with zero attached hydrogens (tertiary/aromatic N) is 1. The molecule has 0 bridgehead atoms. The minimum atomic E-state index is 0.454. The van der Waals surface area contributed by atoms with Crippen molar-refractivity contribution >= 4 is 0 Å². The van der Waals surface area contributed by atoms with Crippen LogP contribution in [-0.4, -0.2) is 10.9 Å². The largest absolute Gasteiger partial charge is 0.288 e. The third kappa shape index (κ3) is 3.75. The average molecular weight is 289 g/mol. The Balaban J connectivity index is 1.78. The molecule has 112 valence electrons. The summed E-state index contributed by atoms with van der Waals surface area (Å²) in [5.74, 6) is 0. The van der Waals surface area contributed by atoms with Crippen LogP contribution in [0, 0.1) is 0 Å². The lowest BCUT2D eigenvalue weighted by Crippen LogP contribution is -2.33. The summed E-state index contributed by atoms with van der Waals surface area (Å²) < 4.78 is 0. The molecule has 0 radical (unpaired) electrons. The van der Waals surface area contributed by atoms with Gasteiger partial charge in [0.25, 0.3) is 0 Å². The molecule has 0 spiro atoms. The Kier molecular flexibility index (Phi) is 4.87. The van der Waals surface area contributed by atoms with Crippen LogP contribution in [0.4, 0.5) is 0 Å². The van der Waals surface area contributed by atoms with Crippen LogP contribution in [0.3, 0.4) is 0 Å². The van der Waals surface area contributed by atoms with Gasteiger partial charge in [0.2, 0.25) is 0 Å². The van der Waals surface area contributed by atoms with E-state index in [4.69, 9.17) is 0 Å². The van der Waals surface area contributed by atoms with Crippen LogP contribution in [0.2, 0.25) is 0 Å². The molecule has 0 fully saturated rings. The van der Waals surface area contributed by atoms with Crippen molar-refractivity contribution in [3.05, 3.63) is 95.6 Å². The van der Waals surface area contributed by atoms with Crippen molar-refractivity contribution in [1.29, 1.82) is 0 Å². The van der Waals surface area contributed by atoms with E-state index in [1.807, 2.05) is 0 Å². The van der Waals surface area contributed by atoms with Crippen molar-refractivity contribution in [2.24, 2.45) is 0 Å². The SMILES string of the molecule is CC(C1=CC=CC1)N(Cc1ccccc1)Cc1ccccc1. The van der Waals surface area contributed by atoms with Gasteiger partial charge in [-0.25, -0.2) is 0 Å². The molecule has 0 aliphatic heterocycles. The molecular formula is C21H23N. The zero-order valence-electron chi connectivity index (χ0n) is 13.2. The molecule has 2 aromatic carbocycles. The second-order valence-electron chi connectivity index (χ2n) is 5.93. The van der Waals surface area contributed by atoms with E-state index in [9.17, 15) is 0 Å². The normalized spacial score (nSPS) is 15.1. The summed E-state index contributed by atoms with van der Waals surface area (Å²) in [4.78, 5) is 2.56. The van der Waals surface area contributed by atoms with Crippen molar-refractivity contribution in [3.63, 3.8) is 0 Å². The zero-order valence-corrected chi connectivity index (χ0v) is 13.2. The fourth-order valence-electron chi connectivity index (χ4n) is 2.97. The van der Waals surface area contributed by atoms with Gasteiger partial charge in [-0.3, -0.25) is 4.90 Å². The van der Waals surface area contributed by atoms with Gasteiger partial charge in [-0.2, -0.15) is 0 Å². The van der Waals surface area contributed by atoms with Crippen LogP contribution in [0.25, 0.3) is 0 Å². The summed E-state index contributed by atoms with van der Waals surface area (Å²) in [5.41, 5.74) is 4.25. The Labute approximate surface area is 133 Å². The van der Waals surface area contributed by atoms with Crippen LogP contribution in [0.1, 0.15) is 24.5 Å². The van der Waals surface area contributed by atoms with Crippen LogP contribution >= 0.6 is 0 Å². The number of hydrogen-bond acceptors (Lipinski definition) is 1. The number of rotatable bonds is 6. The van der Waals surface area contributed by atoms with Crippen molar-refractivity contribution < 1.29 is 0 Å². The summed E-state index contributed by atoms with van der Waals surface area (Å²) in [6.45, 7) is 4.28. The average Bonchev–Trinajstić information content (AvgIpc) is 3.10. The summed E-state index contributed by atoms with van der Waals surface area (Å²) in [6.07, 6.45) is 7.78. The predicted octanol–water partition coefficient (Wildman–Crippen LogP) is 4.96. The fourth-order valence-corrected chi connectivity index (χ4v) is 2.97. The van der Waals surface area contributed by atoms with Crippen LogP contribution < -0.4 is 0 Å². The Morgan fingerprint density at radius 1 is 0.864 bits per heavy atom. The van der Waals surface area contributed by atoms with Gasteiger partial charge in [0.05, 0.1) is 0 Å². The van der Waals surface area contributed by atoms with E-state index in [-0.39, 0.29) is 0 Å². The first-order chi connectivity index (χ1) is 10.8. The van der Waals surface area contributed by atoms with Crippen LogP contribution in [0.15, 0.2) is 84.5 Å². The molecule has 0 N–H and O–H groups in total. The van der Waals surface area contributed by atoms with Gasteiger partial charge < -0.3 is 0 Å². The second-order valence-corrected chi connectivity index (χ2v) is 5.93. The molecule has 0 saturated carbocycles. The van der Waals surface area contributed by atoms with Crippen molar-refractivity contribution in [1.82, 2.24) is 4.90 Å². The van der Waals surface area contributed by atoms with Crippen molar-refractivity contribution in [3.8, 4) is 0 Å². The molecule has 0 saturated heterocycles. The smallest absolute Gasteiger partial charge is 0.0292 e. The van der Waals surface area contributed by atoms with Crippen molar-refractivity contribution in [2.75, 3.05) is 0 Å². The fraction of sp³-hybridized carbons (Fsp3) is 0.238. The maximum absolute atomic E-state index is 2.56. The Hall–Kier alpha value is -2.12. The molecular weight excluding hydrogens is 266 g/mol. The lowest BCUT2D eigenvalue weighted by Gasteiger charge is -2.30. The summed E-state index contributed by atoms with van der Waals surface area (Å²) >= 11 is 0. The van der Waals surface area contributed by atoms with E-state index in [0.29, 0.717) is 6.04 Å². The van der Waals surface area contributed by atoms with Gasteiger partial charge in [-0.15, -0.1) is 0 Å². The molecule has 1 nitrogen and oxygen atoms in total. The third-order valence-corrected chi connectivity index (χ3v) is 4.34. The second kappa shape index (κ2) is 7.24. The van der Waals surface area contributed by atoms with E-state index in [1.54, 1.807) is 0 Å².